The van der Waals surface area contributed by atoms with Crippen LogP contribution in [-0.2, 0) is 0 Å². The number of ether oxygens (including phenoxy) is 1. The highest BCUT2D eigenvalue weighted by molar-refractivity contribution is 6.35. The van der Waals surface area contributed by atoms with Crippen molar-refractivity contribution in [2.75, 3.05) is 5.73 Å². The third-order valence-electron chi connectivity index (χ3n) is 2.42. The van der Waals surface area contributed by atoms with Gasteiger partial charge in [0.1, 0.15) is 5.75 Å². The standard InChI is InChI=1S/C13H10Cl2N2O2/c14-7-4-5-11(9(15)6-7)19-12-8(13(17)18)2-1-3-10(12)16/h1-6H,16H2,(H2,17,18). The highest BCUT2D eigenvalue weighted by Gasteiger charge is 2.14. The van der Waals surface area contributed by atoms with Crippen LogP contribution in [0.2, 0.25) is 10.0 Å². The molecule has 0 unspecified atom stereocenters. The SMILES string of the molecule is NC(=O)c1cccc(N)c1Oc1ccc(Cl)cc1Cl. The second kappa shape index (κ2) is 5.38. The number of anilines is 1. The average Bonchev–Trinajstić information content (AvgIpc) is 2.34. The normalized spacial score (nSPS) is 10.2. The van der Waals surface area contributed by atoms with Gasteiger partial charge < -0.3 is 16.2 Å². The summed E-state index contributed by atoms with van der Waals surface area (Å²) in [6, 6.07) is 9.48. The molecule has 0 aliphatic carbocycles. The molecule has 19 heavy (non-hydrogen) atoms. The Morgan fingerprint density at radius 2 is 1.89 bits per heavy atom. The predicted molar refractivity (Wildman–Crippen MR) is 75.9 cm³/mol. The van der Waals surface area contributed by atoms with Crippen LogP contribution >= 0.6 is 23.2 Å². The lowest BCUT2D eigenvalue weighted by Gasteiger charge is -2.12. The summed E-state index contributed by atoms with van der Waals surface area (Å²) in [4.78, 5) is 11.3. The third kappa shape index (κ3) is 2.92. The van der Waals surface area contributed by atoms with Crippen molar-refractivity contribution in [3.8, 4) is 11.5 Å². The van der Waals surface area contributed by atoms with Crippen molar-refractivity contribution in [2.24, 2.45) is 5.73 Å². The van der Waals surface area contributed by atoms with Gasteiger partial charge >= 0.3 is 0 Å². The Hall–Kier alpha value is -1.91. The number of amides is 1. The van der Waals surface area contributed by atoms with Crippen LogP contribution in [0.3, 0.4) is 0 Å². The molecule has 4 N–H and O–H groups in total. The largest absolute Gasteiger partial charge is 0.453 e. The van der Waals surface area contributed by atoms with Gasteiger partial charge in [0.2, 0.25) is 0 Å². The monoisotopic (exact) mass is 296 g/mol. The van der Waals surface area contributed by atoms with E-state index in [0.717, 1.165) is 0 Å². The number of halogens is 2. The van der Waals surface area contributed by atoms with E-state index in [-0.39, 0.29) is 11.3 Å². The van der Waals surface area contributed by atoms with E-state index in [1.807, 2.05) is 0 Å². The third-order valence-corrected chi connectivity index (χ3v) is 2.95. The van der Waals surface area contributed by atoms with Gasteiger partial charge in [0, 0.05) is 5.02 Å². The fraction of sp³-hybridized carbons (Fsp3) is 0. The molecule has 0 aromatic heterocycles. The highest BCUT2D eigenvalue weighted by atomic mass is 35.5. The summed E-state index contributed by atoms with van der Waals surface area (Å²) in [5, 5.41) is 0.791. The molecule has 0 bridgehead atoms. The van der Waals surface area contributed by atoms with Crippen molar-refractivity contribution < 1.29 is 9.53 Å². The molecule has 0 saturated carbocycles. The van der Waals surface area contributed by atoms with Crippen LogP contribution in [0.1, 0.15) is 10.4 Å². The fourth-order valence-electron chi connectivity index (χ4n) is 1.53. The van der Waals surface area contributed by atoms with E-state index in [0.29, 0.717) is 21.5 Å². The van der Waals surface area contributed by atoms with E-state index in [1.54, 1.807) is 24.3 Å². The summed E-state index contributed by atoms with van der Waals surface area (Å²) in [5.41, 5.74) is 11.5. The Balaban J connectivity index is 2.46. The Kier molecular flexibility index (Phi) is 3.83. The quantitative estimate of drug-likeness (QED) is 0.851. The summed E-state index contributed by atoms with van der Waals surface area (Å²) < 4.78 is 5.57. The zero-order chi connectivity index (χ0) is 14.0. The minimum atomic E-state index is -0.632. The Bertz CT molecular complexity index is 645. The molecule has 0 radical (unpaired) electrons. The van der Waals surface area contributed by atoms with E-state index in [9.17, 15) is 4.79 Å². The number of nitrogen functional groups attached to an aromatic ring is 1. The van der Waals surface area contributed by atoms with Crippen molar-refractivity contribution in [1.82, 2.24) is 0 Å². The maximum Gasteiger partial charge on any atom is 0.252 e. The van der Waals surface area contributed by atoms with Crippen molar-refractivity contribution >= 4 is 34.8 Å². The number of carbonyl (C=O) groups excluding carboxylic acids is 1. The van der Waals surface area contributed by atoms with Crippen molar-refractivity contribution in [3.05, 3.63) is 52.0 Å². The number of nitrogens with two attached hydrogens (primary N) is 2. The molecule has 0 atom stereocenters. The van der Waals surface area contributed by atoms with E-state index in [4.69, 9.17) is 39.4 Å². The Morgan fingerprint density at radius 1 is 1.16 bits per heavy atom. The molecule has 0 saturated heterocycles. The van der Waals surface area contributed by atoms with Crippen LogP contribution in [0.4, 0.5) is 5.69 Å². The Morgan fingerprint density at radius 3 is 2.53 bits per heavy atom. The number of hydrogen-bond donors (Lipinski definition) is 2. The van der Waals surface area contributed by atoms with Gasteiger partial charge in [0.05, 0.1) is 16.3 Å². The van der Waals surface area contributed by atoms with Crippen molar-refractivity contribution in [2.45, 2.75) is 0 Å². The Labute approximate surface area is 119 Å². The molecule has 98 valence electrons. The van der Waals surface area contributed by atoms with Crippen LogP contribution in [0, 0.1) is 0 Å². The maximum atomic E-state index is 11.3. The molecule has 0 fully saturated rings. The molecular weight excluding hydrogens is 287 g/mol. The highest BCUT2D eigenvalue weighted by Crippen LogP contribution is 2.35. The number of hydrogen-bond acceptors (Lipinski definition) is 3. The van der Waals surface area contributed by atoms with Crippen LogP contribution < -0.4 is 16.2 Å². The summed E-state index contributed by atoms with van der Waals surface area (Å²) in [5.74, 6) is -0.113. The number of rotatable bonds is 3. The molecule has 2 aromatic rings. The lowest BCUT2D eigenvalue weighted by atomic mass is 10.1. The van der Waals surface area contributed by atoms with Crippen LogP contribution in [0.15, 0.2) is 36.4 Å². The molecule has 0 heterocycles. The van der Waals surface area contributed by atoms with Gasteiger partial charge in [-0.05, 0) is 30.3 Å². The number of primary amides is 1. The van der Waals surface area contributed by atoms with Crippen LogP contribution in [-0.4, -0.2) is 5.91 Å². The smallest absolute Gasteiger partial charge is 0.252 e. The fourth-order valence-corrected chi connectivity index (χ4v) is 1.98. The number of carbonyl (C=O) groups is 1. The van der Waals surface area contributed by atoms with Crippen LogP contribution in [0.5, 0.6) is 11.5 Å². The summed E-state index contributed by atoms with van der Waals surface area (Å²) in [6.45, 7) is 0. The van der Waals surface area contributed by atoms with Crippen molar-refractivity contribution in [1.29, 1.82) is 0 Å². The average molecular weight is 297 g/mol. The topological polar surface area (TPSA) is 78.3 Å². The predicted octanol–water partition coefficient (Wildman–Crippen LogP) is 3.47. The number of para-hydroxylation sites is 1. The van der Waals surface area contributed by atoms with Gasteiger partial charge in [-0.15, -0.1) is 0 Å². The molecular formula is C13H10Cl2N2O2. The first-order valence-corrected chi connectivity index (χ1v) is 6.06. The minimum absolute atomic E-state index is 0.180. The van der Waals surface area contributed by atoms with Crippen molar-refractivity contribution in [3.63, 3.8) is 0 Å². The first-order valence-electron chi connectivity index (χ1n) is 5.30. The zero-order valence-electron chi connectivity index (χ0n) is 9.69. The van der Waals surface area contributed by atoms with Gasteiger partial charge in [0.15, 0.2) is 5.75 Å². The first kappa shape index (κ1) is 13.5. The molecule has 0 aliphatic heterocycles. The van der Waals surface area contributed by atoms with E-state index >= 15 is 0 Å². The van der Waals surface area contributed by atoms with E-state index in [2.05, 4.69) is 0 Å². The summed E-state index contributed by atoms with van der Waals surface area (Å²) >= 11 is 11.8. The van der Waals surface area contributed by atoms with E-state index in [1.165, 1.54) is 12.1 Å². The second-order valence-electron chi connectivity index (χ2n) is 3.76. The minimum Gasteiger partial charge on any atom is -0.453 e. The second-order valence-corrected chi connectivity index (χ2v) is 4.61. The molecule has 1 amide bonds. The van der Waals surface area contributed by atoms with Gasteiger partial charge in [-0.2, -0.15) is 0 Å². The lowest BCUT2D eigenvalue weighted by Crippen LogP contribution is -2.13. The molecule has 6 heteroatoms. The molecule has 2 rings (SSSR count). The maximum absolute atomic E-state index is 11.3. The van der Waals surface area contributed by atoms with Gasteiger partial charge in [-0.25, -0.2) is 0 Å². The lowest BCUT2D eigenvalue weighted by molar-refractivity contribution is 0.0998. The van der Waals surface area contributed by atoms with Gasteiger partial charge in [0.25, 0.3) is 5.91 Å². The molecule has 2 aromatic carbocycles. The zero-order valence-corrected chi connectivity index (χ0v) is 11.2. The first-order chi connectivity index (χ1) is 8.99. The van der Waals surface area contributed by atoms with Gasteiger partial charge in [-0.3, -0.25) is 4.79 Å². The van der Waals surface area contributed by atoms with Gasteiger partial charge in [-0.1, -0.05) is 29.3 Å². The summed E-state index contributed by atoms with van der Waals surface area (Å²) in [6.07, 6.45) is 0. The molecule has 0 spiro atoms. The van der Waals surface area contributed by atoms with Crippen LogP contribution in [0.25, 0.3) is 0 Å². The number of benzene rings is 2. The van der Waals surface area contributed by atoms with E-state index < -0.39 is 5.91 Å². The molecule has 0 aliphatic rings. The summed E-state index contributed by atoms with van der Waals surface area (Å²) in [7, 11) is 0. The molecule has 4 nitrogen and oxygen atoms in total.